The second-order valence-electron chi connectivity index (χ2n) is 9.17. The van der Waals surface area contributed by atoms with E-state index in [-0.39, 0.29) is 10.8 Å². The Morgan fingerprint density at radius 3 is 1.25 bits per heavy atom. The molecule has 0 N–H and O–H groups in total. The molecule has 0 fully saturated rings. The monoisotopic (exact) mass is 446 g/mol. The predicted molar refractivity (Wildman–Crippen MR) is 124 cm³/mol. The van der Waals surface area contributed by atoms with Gasteiger partial charge in [0.2, 0.25) is 0 Å². The Balaban J connectivity index is 0.000000184. The first kappa shape index (κ1) is 22.7. The van der Waals surface area contributed by atoms with Crippen LogP contribution in [0.5, 0.6) is 0 Å². The third kappa shape index (κ3) is 5.27. The zero-order valence-electron chi connectivity index (χ0n) is 18.1. The van der Waals surface area contributed by atoms with Gasteiger partial charge < -0.3 is 0 Å². The van der Waals surface area contributed by atoms with Crippen LogP contribution in [0, 0.1) is 0 Å². The molecule has 0 heterocycles. The Labute approximate surface area is 185 Å². The zero-order valence-corrected chi connectivity index (χ0v) is 20.6. The summed E-state index contributed by atoms with van der Waals surface area (Å²) >= 11 is 1.30. The van der Waals surface area contributed by atoms with Crippen LogP contribution in [0.25, 0.3) is 21.5 Å². The van der Waals surface area contributed by atoms with Crippen LogP contribution >= 0.6 is 0 Å². The molecule has 4 rings (SSSR count). The van der Waals surface area contributed by atoms with E-state index in [4.69, 9.17) is 0 Å². The average Bonchev–Trinajstić information content (AvgIpc) is 3.27. The Morgan fingerprint density at radius 2 is 0.929 bits per heavy atom. The van der Waals surface area contributed by atoms with Gasteiger partial charge in [0.1, 0.15) is 0 Å². The van der Waals surface area contributed by atoms with Crippen molar-refractivity contribution in [3.05, 3.63) is 83.9 Å². The van der Waals surface area contributed by atoms with Gasteiger partial charge in [0.05, 0.1) is 0 Å². The maximum atomic E-state index is 3.34. The first-order chi connectivity index (χ1) is 13.2. The summed E-state index contributed by atoms with van der Waals surface area (Å²) in [6.07, 6.45) is 0. The third-order valence-corrected chi connectivity index (χ3v) is 4.98. The summed E-state index contributed by atoms with van der Waals surface area (Å²) in [6.45, 7) is 13.6. The molecule has 1 heteroatoms. The van der Waals surface area contributed by atoms with E-state index >= 15 is 0 Å². The zero-order chi connectivity index (χ0) is 20.9. The summed E-state index contributed by atoms with van der Waals surface area (Å²) in [5, 5.41) is 5.50. The summed E-state index contributed by atoms with van der Waals surface area (Å²) in [5.41, 5.74) is 3.40. The molecule has 144 valence electrons. The van der Waals surface area contributed by atoms with Gasteiger partial charge in [-0.1, -0.05) is 64.5 Å². The minimum absolute atomic E-state index is 0.253. The van der Waals surface area contributed by atoms with Crippen molar-refractivity contribution in [1.29, 1.82) is 0 Å². The van der Waals surface area contributed by atoms with Crippen LogP contribution in [0.4, 0.5) is 0 Å². The molecular formula is C27H32Zr. The average molecular weight is 448 g/mol. The molecular weight excluding hydrogens is 416 g/mol. The molecule has 0 saturated carbocycles. The molecule has 4 aromatic rings. The van der Waals surface area contributed by atoms with Crippen LogP contribution < -0.4 is 0 Å². The molecule has 0 aliphatic carbocycles. The normalized spacial score (nSPS) is 11.6. The molecule has 0 amide bonds. The van der Waals surface area contributed by atoms with Gasteiger partial charge in [-0.25, -0.2) is 0 Å². The number of hydrogen-bond acceptors (Lipinski definition) is 0. The van der Waals surface area contributed by atoms with E-state index in [1.165, 1.54) is 56.9 Å². The van der Waals surface area contributed by atoms with Crippen molar-refractivity contribution in [2.75, 3.05) is 0 Å². The second kappa shape index (κ2) is 9.27. The minimum atomic E-state index is 0.253. The molecule has 0 aliphatic heterocycles. The van der Waals surface area contributed by atoms with Crippen LogP contribution in [-0.4, -0.2) is 4.21 Å². The van der Waals surface area contributed by atoms with Gasteiger partial charge >= 0.3 is 28.4 Å². The molecule has 28 heavy (non-hydrogen) atoms. The van der Waals surface area contributed by atoms with Crippen LogP contribution in [0.2, 0.25) is 0 Å². The molecule has 0 spiro atoms. The Kier molecular flexibility index (Phi) is 7.52. The van der Waals surface area contributed by atoms with Crippen molar-refractivity contribution >= 4 is 25.8 Å². The fraction of sp³-hybridized carbons (Fsp3) is 0.296. The third-order valence-electron chi connectivity index (χ3n) is 4.98. The van der Waals surface area contributed by atoms with E-state index in [0.717, 1.165) is 0 Å². The molecule has 0 bridgehead atoms. The number of hydrogen-bond donors (Lipinski definition) is 0. The summed E-state index contributed by atoms with van der Waals surface area (Å²) in [5.74, 6) is 0. The Hall–Kier alpha value is -1.59. The molecule has 0 saturated heterocycles. The van der Waals surface area contributed by atoms with Gasteiger partial charge in [0.25, 0.3) is 0 Å². The first-order valence-electron chi connectivity index (χ1n) is 9.83. The summed E-state index contributed by atoms with van der Waals surface area (Å²) in [6, 6.07) is 26.0. The fourth-order valence-electron chi connectivity index (χ4n) is 3.61. The van der Waals surface area contributed by atoms with E-state index in [0.29, 0.717) is 0 Å². The quantitative estimate of drug-likeness (QED) is 0.242. The van der Waals surface area contributed by atoms with Crippen molar-refractivity contribution in [3.8, 4) is 0 Å². The van der Waals surface area contributed by atoms with Crippen LogP contribution in [0.15, 0.2) is 72.8 Å². The van der Waals surface area contributed by atoms with E-state index in [1.54, 1.807) is 0 Å². The summed E-state index contributed by atoms with van der Waals surface area (Å²) in [4.78, 5) is 0. The summed E-state index contributed by atoms with van der Waals surface area (Å²) < 4.78 is 3.34. The molecule has 0 radical (unpaired) electrons. The van der Waals surface area contributed by atoms with E-state index in [1.807, 2.05) is 0 Å². The SMILES string of the molecule is CC(C)(C)c1c[cH-]c2ccccc12.CC(C)(C)c1c[cH-]c2ccccc12.[CH2]=[Zr+2]. The van der Waals surface area contributed by atoms with Gasteiger partial charge in [-0.15, -0.1) is 93.3 Å². The predicted octanol–water partition coefficient (Wildman–Crippen LogP) is 7.68. The molecule has 0 aliphatic rings. The van der Waals surface area contributed by atoms with Gasteiger partial charge in [-0.05, 0) is 0 Å². The van der Waals surface area contributed by atoms with Crippen LogP contribution in [-0.2, 0) is 35.1 Å². The van der Waals surface area contributed by atoms with E-state index in [9.17, 15) is 0 Å². The Bertz CT molecular complexity index is 931. The number of benzene rings is 2. The van der Waals surface area contributed by atoms with Crippen molar-refractivity contribution in [2.24, 2.45) is 0 Å². The molecule has 4 aromatic carbocycles. The fourth-order valence-corrected chi connectivity index (χ4v) is 3.61. The van der Waals surface area contributed by atoms with Crippen molar-refractivity contribution in [3.63, 3.8) is 0 Å². The topological polar surface area (TPSA) is 0 Å². The number of fused-ring (bicyclic) bond motifs is 2. The van der Waals surface area contributed by atoms with Gasteiger partial charge in [-0.3, -0.25) is 0 Å². The van der Waals surface area contributed by atoms with Crippen molar-refractivity contribution in [1.82, 2.24) is 0 Å². The van der Waals surface area contributed by atoms with Crippen LogP contribution in [0.1, 0.15) is 52.7 Å². The van der Waals surface area contributed by atoms with Gasteiger partial charge in [-0.2, -0.15) is 0 Å². The van der Waals surface area contributed by atoms with Crippen molar-refractivity contribution < 1.29 is 24.2 Å². The van der Waals surface area contributed by atoms with Gasteiger partial charge in [0.15, 0.2) is 0 Å². The second-order valence-corrected chi connectivity index (χ2v) is 9.17. The molecule has 0 atom stereocenters. The molecule has 0 nitrogen and oxygen atoms in total. The molecule has 0 unspecified atom stereocenters. The standard InChI is InChI=1S/2C13H15.CH2.Zr/c2*1-13(2,3)12-9-8-10-6-4-5-7-11(10)12;;/h2*4-9H,1-3H3;1H2;/q2*-1;;+2. The van der Waals surface area contributed by atoms with Crippen molar-refractivity contribution in [2.45, 2.75) is 52.4 Å². The number of rotatable bonds is 0. The van der Waals surface area contributed by atoms with E-state index < -0.39 is 0 Å². The summed E-state index contributed by atoms with van der Waals surface area (Å²) in [7, 11) is 0. The molecule has 0 aromatic heterocycles. The first-order valence-corrected chi connectivity index (χ1v) is 11.6. The van der Waals surface area contributed by atoms with Crippen LogP contribution in [0.3, 0.4) is 0 Å². The van der Waals surface area contributed by atoms with Gasteiger partial charge in [0, 0.05) is 0 Å². The maximum absolute atomic E-state index is 3.34. The Morgan fingerprint density at radius 1 is 0.607 bits per heavy atom. The van der Waals surface area contributed by atoms with E-state index in [2.05, 4.69) is 119 Å².